The van der Waals surface area contributed by atoms with Crippen molar-refractivity contribution in [1.29, 1.82) is 0 Å². The van der Waals surface area contributed by atoms with E-state index in [0.29, 0.717) is 18.8 Å². The van der Waals surface area contributed by atoms with E-state index in [1.807, 2.05) is 6.07 Å². The van der Waals surface area contributed by atoms with Crippen LogP contribution in [0.15, 0.2) is 18.2 Å². The molecule has 4 heteroatoms. The standard InChI is InChI=1S/C17H25NO3/c1-12(18-10-14-4-6-15(19)8-14)2-3-13-5-7-16-17(9-13)21-11-20-16/h5,7,9,12,14-15,18-19H,2-4,6,8,10-11H2,1H3. The van der Waals surface area contributed by atoms with Gasteiger partial charge in [-0.25, -0.2) is 0 Å². The van der Waals surface area contributed by atoms with Gasteiger partial charge in [-0.05, 0) is 69.2 Å². The van der Waals surface area contributed by atoms with E-state index in [-0.39, 0.29) is 6.10 Å². The number of nitrogens with one attached hydrogen (secondary N) is 1. The van der Waals surface area contributed by atoms with Crippen molar-refractivity contribution in [2.24, 2.45) is 5.92 Å². The molecule has 1 fully saturated rings. The monoisotopic (exact) mass is 291 g/mol. The van der Waals surface area contributed by atoms with Gasteiger partial charge < -0.3 is 19.9 Å². The first kappa shape index (κ1) is 14.7. The summed E-state index contributed by atoms with van der Waals surface area (Å²) >= 11 is 0. The quantitative estimate of drug-likeness (QED) is 0.845. The molecule has 1 aromatic rings. The Labute approximate surface area is 126 Å². The maximum absolute atomic E-state index is 9.54. The summed E-state index contributed by atoms with van der Waals surface area (Å²) in [5.74, 6) is 2.37. The van der Waals surface area contributed by atoms with Crippen molar-refractivity contribution in [3.8, 4) is 11.5 Å². The first-order valence-electron chi connectivity index (χ1n) is 8.00. The van der Waals surface area contributed by atoms with Crippen LogP contribution in [0.5, 0.6) is 11.5 Å². The van der Waals surface area contributed by atoms with Crippen molar-refractivity contribution in [3.05, 3.63) is 23.8 Å². The molecule has 0 bridgehead atoms. The molecule has 21 heavy (non-hydrogen) atoms. The maximum atomic E-state index is 9.54. The van der Waals surface area contributed by atoms with Crippen LogP contribution in [0, 0.1) is 5.92 Å². The number of hydrogen-bond acceptors (Lipinski definition) is 4. The molecule has 0 amide bonds. The highest BCUT2D eigenvalue weighted by Crippen LogP contribution is 2.32. The third-order valence-electron chi connectivity index (χ3n) is 4.57. The number of hydrogen-bond donors (Lipinski definition) is 2. The Kier molecular flexibility index (Phi) is 4.66. The lowest BCUT2D eigenvalue weighted by Gasteiger charge is -2.17. The summed E-state index contributed by atoms with van der Waals surface area (Å²) in [5.41, 5.74) is 1.30. The highest BCUT2D eigenvalue weighted by atomic mass is 16.7. The molecule has 0 spiro atoms. The van der Waals surface area contributed by atoms with Crippen LogP contribution < -0.4 is 14.8 Å². The van der Waals surface area contributed by atoms with E-state index >= 15 is 0 Å². The van der Waals surface area contributed by atoms with Gasteiger partial charge in [0.2, 0.25) is 6.79 Å². The van der Waals surface area contributed by atoms with Gasteiger partial charge in [0.15, 0.2) is 11.5 Å². The molecule has 2 aliphatic rings. The lowest BCUT2D eigenvalue weighted by molar-refractivity contribution is 0.174. The smallest absolute Gasteiger partial charge is 0.231 e. The average Bonchev–Trinajstić information content (AvgIpc) is 3.10. The normalized spacial score (nSPS) is 25.2. The minimum Gasteiger partial charge on any atom is -0.454 e. The Hall–Kier alpha value is -1.26. The van der Waals surface area contributed by atoms with Crippen LogP contribution in [0.3, 0.4) is 0 Å². The SMILES string of the molecule is CC(CCc1ccc2c(c1)OCO2)NCC1CCC(O)C1. The molecule has 3 unspecified atom stereocenters. The van der Waals surface area contributed by atoms with Crippen LogP contribution in [0.2, 0.25) is 0 Å². The van der Waals surface area contributed by atoms with Crippen molar-refractivity contribution in [2.45, 2.75) is 51.2 Å². The lowest BCUT2D eigenvalue weighted by atomic mass is 10.0. The van der Waals surface area contributed by atoms with Crippen molar-refractivity contribution < 1.29 is 14.6 Å². The van der Waals surface area contributed by atoms with Crippen molar-refractivity contribution in [3.63, 3.8) is 0 Å². The molecule has 2 N–H and O–H groups in total. The number of benzene rings is 1. The fourth-order valence-electron chi connectivity index (χ4n) is 3.18. The summed E-state index contributed by atoms with van der Waals surface area (Å²) in [6.07, 6.45) is 5.16. The Balaban J connectivity index is 1.40. The molecular weight excluding hydrogens is 266 g/mol. The number of ether oxygens (including phenoxy) is 2. The zero-order chi connectivity index (χ0) is 14.7. The molecular formula is C17H25NO3. The van der Waals surface area contributed by atoms with Gasteiger partial charge in [-0.1, -0.05) is 6.07 Å². The van der Waals surface area contributed by atoms with E-state index in [9.17, 15) is 5.11 Å². The summed E-state index contributed by atoms with van der Waals surface area (Å²) in [4.78, 5) is 0. The van der Waals surface area contributed by atoms with E-state index in [1.54, 1.807) is 0 Å². The minimum atomic E-state index is -0.0688. The maximum Gasteiger partial charge on any atom is 0.231 e. The molecule has 1 heterocycles. The van der Waals surface area contributed by atoms with Crippen LogP contribution in [0.1, 0.15) is 38.2 Å². The Morgan fingerprint density at radius 1 is 1.29 bits per heavy atom. The molecule has 1 aliphatic heterocycles. The number of aryl methyl sites for hydroxylation is 1. The number of rotatable bonds is 6. The van der Waals surface area contributed by atoms with E-state index in [1.165, 1.54) is 5.56 Å². The van der Waals surface area contributed by atoms with Gasteiger partial charge in [0.1, 0.15) is 0 Å². The Bertz CT molecular complexity index is 477. The van der Waals surface area contributed by atoms with E-state index in [2.05, 4.69) is 24.4 Å². The number of fused-ring (bicyclic) bond motifs is 1. The third kappa shape index (κ3) is 3.89. The summed E-state index contributed by atoms with van der Waals surface area (Å²) in [6, 6.07) is 6.69. The average molecular weight is 291 g/mol. The second-order valence-electron chi connectivity index (χ2n) is 6.37. The van der Waals surface area contributed by atoms with Crippen molar-refractivity contribution in [1.82, 2.24) is 5.32 Å². The van der Waals surface area contributed by atoms with Crippen molar-refractivity contribution >= 4 is 0 Å². The third-order valence-corrected chi connectivity index (χ3v) is 4.57. The highest BCUT2D eigenvalue weighted by molar-refractivity contribution is 5.44. The van der Waals surface area contributed by atoms with Crippen LogP contribution in [0.25, 0.3) is 0 Å². The fourth-order valence-corrected chi connectivity index (χ4v) is 3.18. The van der Waals surface area contributed by atoms with Gasteiger partial charge >= 0.3 is 0 Å². The molecule has 1 aromatic carbocycles. The van der Waals surface area contributed by atoms with Gasteiger partial charge in [-0.2, -0.15) is 0 Å². The topological polar surface area (TPSA) is 50.7 Å². The summed E-state index contributed by atoms with van der Waals surface area (Å²) in [6.45, 7) is 3.60. The van der Waals surface area contributed by atoms with Crippen LogP contribution in [-0.2, 0) is 6.42 Å². The van der Waals surface area contributed by atoms with E-state index < -0.39 is 0 Å². The van der Waals surface area contributed by atoms with Gasteiger partial charge in [-0.3, -0.25) is 0 Å². The predicted molar refractivity (Wildman–Crippen MR) is 81.7 cm³/mol. The largest absolute Gasteiger partial charge is 0.454 e. The van der Waals surface area contributed by atoms with Crippen LogP contribution >= 0.6 is 0 Å². The van der Waals surface area contributed by atoms with Gasteiger partial charge in [-0.15, -0.1) is 0 Å². The molecule has 116 valence electrons. The zero-order valence-corrected chi connectivity index (χ0v) is 12.7. The van der Waals surface area contributed by atoms with E-state index in [4.69, 9.17) is 9.47 Å². The Morgan fingerprint density at radius 2 is 2.14 bits per heavy atom. The zero-order valence-electron chi connectivity index (χ0n) is 12.7. The molecule has 3 atom stereocenters. The Morgan fingerprint density at radius 3 is 2.95 bits per heavy atom. The van der Waals surface area contributed by atoms with Crippen molar-refractivity contribution in [2.75, 3.05) is 13.3 Å². The molecule has 3 rings (SSSR count). The van der Waals surface area contributed by atoms with Gasteiger partial charge in [0.25, 0.3) is 0 Å². The fraction of sp³-hybridized carbons (Fsp3) is 0.647. The summed E-state index contributed by atoms with van der Waals surface area (Å²) < 4.78 is 10.7. The van der Waals surface area contributed by atoms with Gasteiger partial charge in [0.05, 0.1) is 6.10 Å². The molecule has 0 radical (unpaired) electrons. The van der Waals surface area contributed by atoms with Crippen LogP contribution in [-0.4, -0.2) is 30.6 Å². The summed E-state index contributed by atoms with van der Waals surface area (Å²) in [7, 11) is 0. The second kappa shape index (κ2) is 6.67. The molecule has 1 aliphatic carbocycles. The molecule has 4 nitrogen and oxygen atoms in total. The molecule has 0 saturated heterocycles. The van der Waals surface area contributed by atoms with Gasteiger partial charge in [0, 0.05) is 6.04 Å². The first-order chi connectivity index (χ1) is 10.2. The predicted octanol–water partition coefficient (Wildman–Crippen LogP) is 2.49. The van der Waals surface area contributed by atoms with E-state index in [0.717, 1.165) is 50.1 Å². The summed E-state index contributed by atoms with van der Waals surface area (Å²) in [5, 5.41) is 13.1. The number of aliphatic hydroxyl groups is 1. The highest BCUT2D eigenvalue weighted by Gasteiger charge is 2.22. The molecule has 1 saturated carbocycles. The minimum absolute atomic E-state index is 0.0688. The first-order valence-corrected chi connectivity index (χ1v) is 8.00. The number of aliphatic hydroxyl groups excluding tert-OH is 1. The lowest BCUT2D eigenvalue weighted by Crippen LogP contribution is -2.31. The second-order valence-corrected chi connectivity index (χ2v) is 6.37. The van der Waals surface area contributed by atoms with Crippen LogP contribution in [0.4, 0.5) is 0 Å². The molecule has 0 aromatic heterocycles.